The molecular weight excluding hydrogens is 198 g/mol. The highest BCUT2D eigenvalue weighted by molar-refractivity contribution is 5.13. The fourth-order valence-corrected chi connectivity index (χ4v) is 3.58. The van der Waals surface area contributed by atoms with E-state index in [1.807, 2.05) is 0 Å². The SMILES string of the molecule is CC1(C)CC(NC2CC3CC=CC32)CCO1. The van der Waals surface area contributed by atoms with Crippen LogP contribution in [0.3, 0.4) is 0 Å². The minimum Gasteiger partial charge on any atom is -0.375 e. The van der Waals surface area contributed by atoms with Gasteiger partial charge in [0, 0.05) is 18.7 Å². The summed E-state index contributed by atoms with van der Waals surface area (Å²) in [6.45, 7) is 5.33. The zero-order valence-electron chi connectivity index (χ0n) is 10.4. The van der Waals surface area contributed by atoms with Crippen LogP contribution < -0.4 is 5.32 Å². The van der Waals surface area contributed by atoms with Crippen molar-refractivity contribution in [3.05, 3.63) is 12.2 Å². The first-order valence-corrected chi connectivity index (χ1v) is 6.71. The summed E-state index contributed by atoms with van der Waals surface area (Å²) in [4.78, 5) is 0. The van der Waals surface area contributed by atoms with Crippen LogP contribution in [0.5, 0.6) is 0 Å². The standard InChI is InChI=1S/C14H23NO/c1-14(2)9-11(6-7-16-14)15-13-8-10-4-3-5-12(10)13/h3,5,10-13,15H,4,6-9H2,1-2H3. The van der Waals surface area contributed by atoms with Gasteiger partial charge in [-0.3, -0.25) is 0 Å². The van der Waals surface area contributed by atoms with Crippen LogP contribution in [0, 0.1) is 11.8 Å². The number of nitrogens with one attached hydrogen (secondary N) is 1. The van der Waals surface area contributed by atoms with E-state index in [0.29, 0.717) is 6.04 Å². The first kappa shape index (κ1) is 10.8. The zero-order chi connectivity index (χ0) is 11.2. The second-order valence-electron chi connectivity index (χ2n) is 6.31. The summed E-state index contributed by atoms with van der Waals surface area (Å²) < 4.78 is 5.76. The molecule has 0 aromatic carbocycles. The van der Waals surface area contributed by atoms with Crippen LogP contribution in [0.2, 0.25) is 0 Å². The Morgan fingerprint density at radius 3 is 3.00 bits per heavy atom. The molecule has 4 atom stereocenters. The van der Waals surface area contributed by atoms with E-state index in [1.165, 1.54) is 19.3 Å². The van der Waals surface area contributed by atoms with Gasteiger partial charge in [-0.2, -0.15) is 0 Å². The van der Waals surface area contributed by atoms with Crippen molar-refractivity contribution in [1.29, 1.82) is 0 Å². The molecule has 16 heavy (non-hydrogen) atoms. The maximum absolute atomic E-state index is 5.76. The summed E-state index contributed by atoms with van der Waals surface area (Å²) in [6.07, 6.45) is 9.84. The largest absolute Gasteiger partial charge is 0.375 e. The molecule has 0 radical (unpaired) electrons. The highest BCUT2D eigenvalue weighted by Crippen LogP contribution is 2.43. The monoisotopic (exact) mass is 221 g/mol. The minimum absolute atomic E-state index is 0.0740. The topological polar surface area (TPSA) is 21.3 Å². The van der Waals surface area contributed by atoms with Gasteiger partial charge in [0.25, 0.3) is 0 Å². The van der Waals surface area contributed by atoms with Crippen molar-refractivity contribution in [1.82, 2.24) is 5.32 Å². The van der Waals surface area contributed by atoms with Crippen molar-refractivity contribution < 1.29 is 4.74 Å². The zero-order valence-corrected chi connectivity index (χ0v) is 10.4. The van der Waals surface area contributed by atoms with Crippen molar-refractivity contribution in [3.8, 4) is 0 Å². The van der Waals surface area contributed by atoms with Gasteiger partial charge in [0.2, 0.25) is 0 Å². The summed E-state index contributed by atoms with van der Waals surface area (Å²) in [5.74, 6) is 1.80. The number of allylic oxidation sites excluding steroid dienone is 1. The van der Waals surface area contributed by atoms with Crippen molar-refractivity contribution >= 4 is 0 Å². The van der Waals surface area contributed by atoms with Crippen molar-refractivity contribution in [3.63, 3.8) is 0 Å². The molecule has 2 aliphatic carbocycles. The van der Waals surface area contributed by atoms with Crippen LogP contribution in [0.1, 0.15) is 39.5 Å². The summed E-state index contributed by atoms with van der Waals surface area (Å²) in [5, 5.41) is 3.85. The second-order valence-corrected chi connectivity index (χ2v) is 6.31. The van der Waals surface area contributed by atoms with Crippen LogP contribution in [0.25, 0.3) is 0 Å². The van der Waals surface area contributed by atoms with E-state index in [2.05, 4.69) is 31.3 Å². The molecule has 1 saturated heterocycles. The van der Waals surface area contributed by atoms with E-state index >= 15 is 0 Å². The molecule has 2 nitrogen and oxygen atoms in total. The maximum Gasteiger partial charge on any atom is 0.0641 e. The third-order valence-corrected chi connectivity index (χ3v) is 4.51. The number of hydrogen-bond donors (Lipinski definition) is 1. The van der Waals surface area contributed by atoms with Gasteiger partial charge in [0.15, 0.2) is 0 Å². The van der Waals surface area contributed by atoms with Gasteiger partial charge in [0.05, 0.1) is 5.60 Å². The minimum atomic E-state index is 0.0740. The molecule has 3 aliphatic rings. The van der Waals surface area contributed by atoms with Crippen LogP contribution in [-0.4, -0.2) is 24.3 Å². The maximum atomic E-state index is 5.76. The van der Waals surface area contributed by atoms with Crippen LogP contribution in [0.15, 0.2) is 12.2 Å². The highest BCUT2D eigenvalue weighted by Gasteiger charge is 2.42. The van der Waals surface area contributed by atoms with Crippen LogP contribution in [0.4, 0.5) is 0 Å². The van der Waals surface area contributed by atoms with E-state index in [-0.39, 0.29) is 5.60 Å². The van der Waals surface area contributed by atoms with Gasteiger partial charge in [-0.1, -0.05) is 12.2 Å². The quantitative estimate of drug-likeness (QED) is 0.723. The van der Waals surface area contributed by atoms with Gasteiger partial charge in [-0.15, -0.1) is 0 Å². The Hall–Kier alpha value is -0.340. The number of ether oxygens (including phenoxy) is 1. The van der Waals surface area contributed by atoms with Crippen molar-refractivity contribution in [2.45, 2.75) is 57.2 Å². The summed E-state index contributed by atoms with van der Waals surface area (Å²) in [7, 11) is 0. The Labute approximate surface area is 98.4 Å². The van der Waals surface area contributed by atoms with Gasteiger partial charge in [0.1, 0.15) is 0 Å². The first-order chi connectivity index (χ1) is 7.64. The lowest BCUT2D eigenvalue weighted by Crippen LogP contribution is -2.54. The molecular formula is C14H23NO. The summed E-state index contributed by atoms with van der Waals surface area (Å²) >= 11 is 0. The smallest absolute Gasteiger partial charge is 0.0641 e. The van der Waals surface area contributed by atoms with Crippen molar-refractivity contribution in [2.75, 3.05) is 6.61 Å². The summed E-state index contributed by atoms with van der Waals surface area (Å²) in [5.41, 5.74) is 0.0740. The first-order valence-electron chi connectivity index (χ1n) is 6.71. The Bertz CT molecular complexity index is 297. The van der Waals surface area contributed by atoms with Gasteiger partial charge < -0.3 is 10.1 Å². The average molecular weight is 221 g/mol. The summed E-state index contributed by atoms with van der Waals surface area (Å²) in [6, 6.07) is 1.42. The normalized spacial score (nSPS) is 45.1. The molecule has 2 heteroatoms. The van der Waals surface area contributed by atoms with Gasteiger partial charge >= 0.3 is 0 Å². The number of fused-ring (bicyclic) bond motifs is 1. The Balaban J connectivity index is 1.53. The molecule has 1 saturated carbocycles. The molecule has 0 aromatic heterocycles. The molecule has 1 N–H and O–H groups in total. The Morgan fingerprint density at radius 1 is 1.38 bits per heavy atom. The Kier molecular flexibility index (Phi) is 2.60. The van der Waals surface area contributed by atoms with E-state index < -0.39 is 0 Å². The van der Waals surface area contributed by atoms with Crippen molar-refractivity contribution in [2.24, 2.45) is 11.8 Å². The van der Waals surface area contributed by atoms with E-state index in [0.717, 1.165) is 30.9 Å². The fraction of sp³-hybridized carbons (Fsp3) is 0.857. The number of rotatable bonds is 2. The molecule has 0 spiro atoms. The second kappa shape index (κ2) is 3.85. The van der Waals surface area contributed by atoms with Crippen LogP contribution in [-0.2, 0) is 4.74 Å². The number of hydrogen-bond acceptors (Lipinski definition) is 2. The average Bonchev–Trinajstić information content (AvgIpc) is 2.55. The molecule has 3 rings (SSSR count). The molecule has 0 amide bonds. The lowest BCUT2D eigenvalue weighted by atomic mass is 9.71. The van der Waals surface area contributed by atoms with Gasteiger partial charge in [-0.25, -0.2) is 0 Å². The van der Waals surface area contributed by atoms with Crippen LogP contribution >= 0.6 is 0 Å². The molecule has 0 bridgehead atoms. The molecule has 4 unspecified atom stereocenters. The third-order valence-electron chi connectivity index (χ3n) is 4.51. The van der Waals surface area contributed by atoms with Gasteiger partial charge in [-0.05, 0) is 51.4 Å². The predicted molar refractivity (Wildman–Crippen MR) is 65.3 cm³/mol. The molecule has 1 aliphatic heterocycles. The van der Waals surface area contributed by atoms with E-state index in [1.54, 1.807) is 0 Å². The lowest BCUT2D eigenvalue weighted by molar-refractivity contribution is -0.0673. The lowest BCUT2D eigenvalue weighted by Gasteiger charge is -2.45. The predicted octanol–water partition coefficient (Wildman–Crippen LogP) is 2.50. The molecule has 1 heterocycles. The van der Waals surface area contributed by atoms with E-state index in [4.69, 9.17) is 4.74 Å². The molecule has 2 fully saturated rings. The Morgan fingerprint density at radius 2 is 2.25 bits per heavy atom. The fourth-order valence-electron chi connectivity index (χ4n) is 3.58. The third kappa shape index (κ3) is 1.93. The molecule has 0 aromatic rings. The van der Waals surface area contributed by atoms with E-state index in [9.17, 15) is 0 Å². The molecule has 90 valence electrons. The highest BCUT2D eigenvalue weighted by atomic mass is 16.5.